The molecule has 3 aromatic rings. The number of aryl methyl sites for hydroxylation is 2. The smallest absolute Gasteiger partial charge is 0.308 e. The number of ketones is 1. The molecule has 0 bridgehead atoms. The summed E-state index contributed by atoms with van der Waals surface area (Å²) in [7, 11) is 0. The maximum atomic E-state index is 12.6. The van der Waals surface area contributed by atoms with Crippen LogP contribution in [0.25, 0.3) is 5.57 Å². The van der Waals surface area contributed by atoms with Gasteiger partial charge in [-0.3, -0.25) is 9.59 Å². The molecule has 0 fully saturated rings. The van der Waals surface area contributed by atoms with Gasteiger partial charge in [-0.2, -0.15) is 0 Å². The van der Waals surface area contributed by atoms with Crippen molar-refractivity contribution < 1.29 is 19.1 Å². The first kappa shape index (κ1) is 24.8. The molecule has 41 heavy (non-hydrogen) atoms. The van der Waals surface area contributed by atoms with Gasteiger partial charge in [0, 0.05) is 77.2 Å². The molecule has 0 N–H and O–H groups in total. The molecule has 5 heterocycles. The van der Waals surface area contributed by atoms with Crippen molar-refractivity contribution in [2.45, 2.75) is 65.2 Å². The van der Waals surface area contributed by atoms with E-state index in [0.717, 1.165) is 111 Å². The summed E-state index contributed by atoms with van der Waals surface area (Å²) in [6.45, 7) is 7.40. The quantitative estimate of drug-likeness (QED) is 0.166. The number of rotatable bonds is 3. The van der Waals surface area contributed by atoms with Crippen molar-refractivity contribution in [1.29, 1.82) is 0 Å². The molecule has 0 spiro atoms. The lowest BCUT2D eigenvalue weighted by molar-refractivity contribution is -0.131. The van der Waals surface area contributed by atoms with Gasteiger partial charge in [-0.25, -0.2) is 4.58 Å². The van der Waals surface area contributed by atoms with Crippen LogP contribution in [0.4, 0.5) is 5.69 Å². The zero-order valence-corrected chi connectivity index (χ0v) is 23.9. The summed E-state index contributed by atoms with van der Waals surface area (Å²) in [6, 6.07) is 10.1. The Hall–Kier alpha value is -3.93. The van der Waals surface area contributed by atoms with Crippen molar-refractivity contribution in [3.05, 3.63) is 79.9 Å². The van der Waals surface area contributed by atoms with Gasteiger partial charge in [0.25, 0.3) is 0 Å². The highest BCUT2D eigenvalue weighted by molar-refractivity contribution is 5.98. The number of fused-ring (bicyclic) bond motifs is 4. The fourth-order valence-corrected chi connectivity index (χ4v) is 7.99. The first-order valence-electron chi connectivity index (χ1n) is 15.2. The Kier molecular flexibility index (Phi) is 5.63. The number of hydrogen-bond acceptors (Lipinski definition) is 5. The van der Waals surface area contributed by atoms with Gasteiger partial charge in [-0.1, -0.05) is 0 Å². The van der Waals surface area contributed by atoms with Crippen LogP contribution in [0.2, 0.25) is 0 Å². The van der Waals surface area contributed by atoms with Crippen molar-refractivity contribution in [2.75, 3.05) is 31.1 Å². The minimum Gasteiger partial charge on any atom is -0.455 e. The van der Waals surface area contributed by atoms with Crippen LogP contribution in [-0.2, 0) is 30.5 Å². The lowest BCUT2D eigenvalue weighted by atomic mass is 9.82. The zero-order chi connectivity index (χ0) is 27.8. The molecule has 0 aliphatic carbocycles. The third-order valence-corrected chi connectivity index (χ3v) is 9.60. The second-order valence-corrected chi connectivity index (χ2v) is 12.2. The maximum absolute atomic E-state index is 12.6. The lowest BCUT2D eigenvalue weighted by Gasteiger charge is -2.39. The molecule has 5 aliphatic heterocycles. The Labute approximate surface area is 239 Å². The summed E-state index contributed by atoms with van der Waals surface area (Å²) in [5.74, 6) is 1.99. The molecule has 208 valence electrons. The molecule has 8 rings (SSSR count). The minimum atomic E-state index is -0.373. The van der Waals surface area contributed by atoms with Crippen LogP contribution < -0.4 is 29.5 Å². The molecule has 3 aromatic carbocycles. The minimum absolute atomic E-state index is 0.0129. The molecule has 0 saturated carbocycles. The van der Waals surface area contributed by atoms with Crippen LogP contribution in [0.1, 0.15) is 83.3 Å². The van der Waals surface area contributed by atoms with E-state index in [-0.39, 0.29) is 11.8 Å². The Morgan fingerprint density at radius 3 is 2.39 bits per heavy atom. The predicted octanol–water partition coefficient (Wildman–Crippen LogP) is 4.25. The number of benzene rings is 3. The van der Waals surface area contributed by atoms with Gasteiger partial charge >= 0.3 is 5.97 Å². The standard InChI is InChI=1S/C35H35N2O4/c1-20(38)22-11-12-30(40-21(2)39)27(17-22)31-28-18-23-7-3-13-36-15-5-9-25(32(23)36)34(28)41-35-26-10-6-16-37-14-4-8-24(33(26)37)19-29(31)35/h11-12,17-19H,3-10,13-16H2,1-2H3/q+1. The number of carbonyl (C=O) groups excluding carboxylic acids is 2. The van der Waals surface area contributed by atoms with Crippen LogP contribution >= 0.6 is 0 Å². The Bertz CT molecular complexity index is 1810. The van der Waals surface area contributed by atoms with E-state index in [9.17, 15) is 9.59 Å². The van der Waals surface area contributed by atoms with Gasteiger partial charge in [0.1, 0.15) is 30.3 Å². The van der Waals surface area contributed by atoms with Crippen molar-refractivity contribution in [3.8, 4) is 17.2 Å². The molecule has 0 atom stereocenters. The highest BCUT2D eigenvalue weighted by Crippen LogP contribution is 2.49. The van der Waals surface area contributed by atoms with Crippen molar-refractivity contribution >= 4 is 23.0 Å². The van der Waals surface area contributed by atoms with E-state index in [4.69, 9.17) is 9.47 Å². The van der Waals surface area contributed by atoms with Gasteiger partial charge in [0.05, 0.1) is 5.56 Å². The zero-order valence-electron chi connectivity index (χ0n) is 23.9. The molecule has 0 radical (unpaired) electrons. The Morgan fingerprint density at radius 2 is 1.59 bits per heavy atom. The molecule has 0 amide bonds. The molecule has 5 aliphatic rings. The van der Waals surface area contributed by atoms with Crippen LogP contribution in [-0.4, -0.2) is 37.9 Å². The summed E-state index contributed by atoms with van der Waals surface area (Å²) >= 11 is 0. The van der Waals surface area contributed by atoms with Crippen LogP contribution in [0.3, 0.4) is 0 Å². The number of carbonyl (C=O) groups is 2. The normalized spacial score (nSPS) is 18.0. The fourth-order valence-electron chi connectivity index (χ4n) is 7.99. The SMILES string of the molecule is CC(=O)Oc1ccc(C(C)=O)cc1C1=c2cc3c4c(c2Oc2c1cc1c5c2CCCN5CCC1)CCC[N+]=4CCC3. The van der Waals surface area contributed by atoms with E-state index in [2.05, 4.69) is 21.6 Å². The summed E-state index contributed by atoms with van der Waals surface area (Å²) in [6.07, 6.45) is 8.56. The van der Waals surface area contributed by atoms with E-state index in [1.165, 1.54) is 40.2 Å². The van der Waals surface area contributed by atoms with E-state index in [0.29, 0.717) is 11.3 Å². The number of anilines is 1. The highest BCUT2D eigenvalue weighted by Gasteiger charge is 2.36. The predicted molar refractivity (Wildman–Crippen MR) is 158 cm³/mol. The fraction of sp³-hybridized carbons (Fsp3) is 0.400. The number of ether oxygens (including phenoxy) is 2. The van der Waals surface area contributed by atoms with Gasteiger partial charge in [-0.05, 0) is 81.3 Å². The number of nitrogens with zero attached hydrogens (tertiary/aromatic N) is 2. The molecule has 0 saturated heterocycles. The average Bonchev–Trinajstić information content (AvgIpc) is 2.97. The molecule has 0 unspecified atom stereocenters. The summed E-state index contributed by atoms with van der Waals surface area (Å²) < 4.78 is 15.5. The molecule has 0 aromatic heterocycles. The van der Waals surface area contributed by atoms with Crippen LogP contribution in [0, 0.1) is 0 Å². The number of hydrogen-bond donors (Lipinski definition) is 0. The third-order valence-electron chi connectivity index (χ3n) is 9.60. The second-order valence-electron chi connectivity index (χ2n) is 12.2. The molecular weight excluding hydrogens is 512 g/mol. The first-order valence-corrected chi connectivity index (χ1v) is 15.2. The molecule has 6 nitrogen and oxygen atoms in total. The van der Waals surface area contributed by atoms with E-state index >= 15 is 0 Å². The summed E-state index contributed by atoms with van der Waals surface area (Å²) in [5, 5.41) is 2.43. The Morgan fingerprint density at radius 1 is 0.829 bits per heavy atom. The molecule has 6 heteroatoms. The topological polar surface area (TPSA) is 58.9 Å². The van der Waals surface area contributed by atoms with Crippen molar-refractivity contribution in [3.63, 3.8) is 0 Å². The molecular formula is C35H35N2O4+. The maximum Gasteiger partial charge on any atom is 0.308 e. The van der Waals surface area contributed by atoms with Crippen LogP contribution in [0.5, 0.6) is 17.2 Å². The Balaban J connectivity index is 1.53. The van der Waals surface area contributed by atoms with Gasteiger partial charge < -0.3 is 14.4 Å². The van der Waals surface area contributed by atoms with Crippen molar-refractivity contribution in [2.24, 2.45) is 0 Å². The summed E-state index contributed by atoms with van der Waals surface area (Å²) in [4.78, 5) is 27.5. The third kappa shape index (κ3) is 3.79. The largest absolute Gasteiger partial charge is 0.455 e. The first-order chi connectivity index (χ1) is 20.0. The number of esters is 1. The highest BCUT2D eigenvalue weighted by atomic mass is 16.5. The van der Waals surface area contributed by atoms with Gasteiger partial charge in [0.2, 0.25) is 5.36 Å². The van der Waals surface area contributed by atoms with E-state index < -0.39 is 0 Å². The van der Waals surface area contributed by atoms with Gasteiger partial charge in [-0.15, -0.1) is 0 Å². The van der Waals surface area contributed by atoms with Crippen molar-refractivity contribution in [1.82, 2.24) is 4.58 Å². The monoisotopic (exact) mass is 547 g/mol. The van der Waals surface area contributed by atoms with Gasteiger partial charge in [0.15, 0.2) is 5.78 Å². The lowest BCUT2D eigenvalue weighted by Crippen LogP contribution is -2.45. The van der Waals surface area contributed by atoms with E-state index in [1.807, 2.05) is 6.07 Å². The van der Waals surface area contributed by atoms with E-state index in [1.54, 1.807) is 19.1 Å². The second kappa shape index (κ2) is 9.30. The number of Topliss-reactive ketones (excluding diaryl/α,β-unsaturated/α-hetero) is 1. The summed E-state index contributed by atoms with van der Waals surface area (Å²) in [5.41, 5.74) is 10.2. The van der Waals surface area contributed by atoms with Crippen LogP contribution in [0.15, 0.2) is 30.3 Å². The average molecular weight is 548 g/mol.